The molecule has 1 heterocycles. The Kier molecular flexibility index (Phi) is 4.64. The number of anilines is 1. The van der Waals surface area contributed by atoms with E-state index in [1.165, 1.54) is 12.1 Å². The number of furan rings is 1. The predicted octanol–water partition coefficient (Wildman–Crippen LogP) is 4.03. The summed E-state index contributed by atoms with van der Waals surface area (Å²) >= 11 is 0. The number of aryl methyl sites for hydroxylation is 1. The summed E-state index contributed by atoms with van der Waals surface area (Å²) in [6, 6.07) is 14.7. The molecule has 0 spiro atoms. The molecule has 0 bridgehead atoms. The topological polar surface area (TPSA) is 102 Å². The Morgan fingerprint density at radius 1 is 1.10 bits per heavy atom. The van der Waals surface area contributed by atoms with Crippen molar-refractivity contribution in [3.05, 3.63) is 71.5 Å². The predicted molar refractivity (Wildman–Crippen MR) is 113 cm³/mol. The average Bonchev–Trinajstić information content (AvgIpc) is 3.07. The van der Waals surface area contributed by atoms with Crippen molar-refractivity contribution < 1.29 is 17.6 Å². The van der Waals surface area contributed by atoms with Crippen molar-refractivity contribution >= 4 is 43.4 Å². The van der Waals surface area contributed by atoms with E-state index in [4.69, 9.17) is 9.56 Å². The molecule has 6 nitrogen and oxygen atoms in total. The van der Waals surface area contributed by atoms with E-state index in [1.807, 2.05) is 43.3 Å². The fourth-order valence-corrected chi connectivity index (χ4v) is 4.12. The van der Waals surface area contributed by atoms with Gasteiger partial charge in [-0.15, -0.1) is 0 Å². The van der Waals surface area contributed by atoms with Gasteiger partial charge in [0.25, 0.3) is 0 Å². The van der Waals surface area contributed by atoms with Gasteiger partial charge < -0.3 is 9.73 Å². The van der Waals surface area contributed by atoms with Gasteiger partial charge in [0.15, 0.2) is 0 Å². The lowest BCUT2D eigenvalue weighted by atomic mass is 10.0. The third-order valence-electron chi connectivity index (χ3n) is 5.13. The van der Waals surface area contributed by atoms with Crippen LogP contribution in [0, 0.1) is 13.8 Å². The molecule has 1 aromatic heterocycles. The highest BCUT2D eigenvalue weighted by Crippen LogP contribution is 2.30. The van der Waals surface area contributed by atoms with Crippen LogP contribution >= 0.6 is 0 Å². The number of nitrogens with one attached hydrogen (secondary N) is 1. The third-order valence-corrected chi connectivity index (χ3v) is 6.03. The minimum absolute atomic E-state index is 0.0318. The van der Waals surface area contributed by atoms with Crippen molar-refractivity contribution in [1.29, 1.82) is 0 Å². The molecule has 0 radical (unpaired) electrons. The first-order valence-corrected chi connectivity index (χ1v) is 10.6. The van der Waals surface area contributed by atoms with Gasteiger partial charge >= 0.3 is 0 Å². The van der Waals surface area contributed by atoms with E-state index in [0.29, 0.717) is 5.69 Å². The van der Waals surface area contributed by atoms with Crippen molar-refractivity contribution in [2.45, 2.75) is 25.2 Å². The van der Waals surface area contributed by atoms with Gasteiger partial charge in [-0.2, -0.15) is 0 Å². The molecule has 0 aliphatic heterocycles. The molecule has 148 valence electrons. The summed E-state index contributed by atoms with van der Waals surface area (Å²) < 4.78 is 29.1. The lowest BCUT2D eigenvalue weighted by Crippen LogP contribution is -2.17. The van der Waals surface area contributed by atoms with Crippen LogP contribution in [0.3, 0.4) is 0 Å². The van der Waals surface area contributed by atoms with E-state index in [9.17, 15) is 13.2 Å². The number of primary sulfonamides is 1. The number of benzene rings is 3. The number of carbonyl (C=O) groups is 1. The Balaban J connectivity index is 1.68. The van der Waals surface area contributed by atoms with Crippen LogP contribution < -0.4 is 10.5 Å². The smallest absolute Gasteiger partial charge is 0.238 e. The molecule has 3 aromatic carbocycles. The molecular formula is C22H20N2O4S. The van der Waals surface area contributed by atoms with Gasteiger partial charge in [0, 0.05) is 16.6 Å². The van der Waals surface area contributed by atoms with Crippen LogP contribution in [0.4, 0.5) is 5.69 Å². The Morgan fingerprint density at radius 2 is 1.86 bits per heavy atom. The Hall–Kier alpha value is -3.16. The second-order valence-electron chi connectivity index (χ2n) is 7.10. The first-order valence-electron chi connectivity index (χ1n) is 9.06. The van der Waals surface area contributed by atoms with E-state index >= 15 is 0 Å². The zero-order chi connectivity index (χ0) is 20.8. The number of fused-ring (bicyclic) bond motifs is 3. The molecule has 4 aromatic rings. The molecule has 0 saturated carbocycles. The number of nitrogens with two attached hydrogens (primary N) is 1. The fourth-order valence-electron chi connectivity index (χ4n) is 3.49. The van der Waals surface area contributed by atoms with Gasteiger partial charge in [0.1, 0.15) is 5.58 Å². The lowest BCUT2D eigenvalue weighted by Gasteiger charge is -2.12. The van der Waals surface area contributed by atoms with Gasteiger partial charge in [-0.05, 0) is 53.9 Å². The van der Waals surface area contributed by atoms with E-state index < -0.39 is 10.0 Å². The van der Waals surface area contributed by atoms with Gasteiger partial charge in [-0.1, -0.05) is 30.3 Å². The molecule has 29 heavy (non-hydrogen) atoms. The minimum atomic E-state index is -3.87. The highest BCUT2D eigenvalue weighted by Gasteiger charge is 2.17. The summed E-state index contributed by atoms with van der Waals surface area (Å²) in [6.45, 7) is 3.59. The van der Waals surface area contributed by atoms with Crippen LogP contribution in [0.1, 0.15) is 16.7 Å². The average molecular weight is 408 g/mol. The highest BCUT2D eigenvalue weighted by atomic mass is 32.2. The summed E-state index contributed by atoms with van der Waals surface area (Å²) in [5, 5.41) is 11.1. The number of rotatable bonds is 4. The highest BCUT2D eigenvalue weighted by molar-refractivity contribution is 7.89. The molecule has 3 N–H and O–H groups in total. The molecular weight excluding hydrogens is 388 g/mol. The number of sulfonamides is 1. The molecule has 1 amide bonds. The standard InChI is InChI=1S/C22H20N2O4S/c1-13-9-17(29(23,26)27)11-19(14(13)2)24-21(25)10-16-12-28-20-8-7-15-5-3-4-6-18(15)22(16)20/h3-9,11-12H,10H2,1-2H3,(H,24,25)(H2,23,26,27). The molecule has 0 fully saturated rings. The SMILES string of the molecule is Cc1cc(S(N)(=O)=O)cc(NC(=O)Cc2coc3ccc4ccccc4c23)c1C. The van der Waals surface area contributed by atoms with Crippen LogP contribution in [-0.4, -0.2) is 14.3 Å². The Labute approximate surface area is 168 Å². The maximum absolute atomic E-state index is 12.8. The molecule has 0 aliphatic carbocycles. The number of hydrogen-bond donors (Lipinski definition) is 2. The largest absolute Gasteiger partial charge is 0.464 e. The van der Waals surface area contributed by atoms with E-state index in [-0.39, 0.29) is 17.2 Å². The molecule has 0 saturated heterocycles. The number of amides is 1. The van der Waals surface area contributed by atoms with Gasteiger partial charge in [-0.25, -0.2) is 13.6 Å². The van der Waals surface area contributed by atoms with E-state index in [1.54, 1.807) is 13.2 Å². The summed E-state index contributed by atoms with van der Waals surface area (Å²) in [5.41, 5.74) is 3.43. The molecule has 0 aliphatic rings. The van der Waals surface area contributed by atoms with Crippen LogP contribution in [0.15, 0.2) is 64.1 Å². The molecule has 4 rings (SSSR count). The second kappa shape index (κ2) is 7.02. The van der Waals surface area contributed by atoms with E-state index in [0.717, 1.165) is 38.4 Å². The van der Waals surface area contributed by atoms with Gasteiger partial charge in [-0.3, -0.25) is 4.79 Å². The van der Waals surface area contributed by atoms with Crippen molar-refractivity contribution in [1.82, 2.24) is 0 Å². The maximum Gasteiger partial charge on any atom is 0.238 e. The first-order chi connectivity index (χ1) is 13.7. The van der Waals surface area contributed by atoms with Crippen LogP contribution in [-0.2, 0) is 21.2 Å². The van der Waals surface area contributed by atoms with Crippen molar-refractivity contribution in [2.75, 3.05) is 5.32 Å². The summed E-state index contributed by atoms with van der Waals surface area (Å²) in [7, 11) is -3.87. The Morgan fingerprint density at radius 3 is 2.62 bits per heavy atom. The normalized spacial score (nSPS) is 11.8. The summed E-state index contributed by atoms with van der Waals surface area (Å²) in [6.07, 6.45) is 1.69. The van der Waals surface area contributed by atoms with E-state index in [2.05, 4.69) is 5.32 Å². The Bertz CT molecular complexity index is 1370. The van der Waals surface area contributed by atoms with Crippen molar-refractivity contribution in [2.24, 2.45) is 5.14 Å². The van der Waals surface area contributed by atoms with Crippen LogP contribution in [0.2, 0.25) is 0 Å². The minimum Gasteiger partial charge on any atom is -0.464 e. The fraction of sp³-hybridized carbons (Fsp3) is 0.136. The molecule has 0 atom stereocenters. The third kappa shape index (κ3) is 3.62. The first kappa shape index (κ1) is 19.2. The summed E-state index contributed by atoms with van der Waals surface area (Å²) in [5.74, 6) is -0.269. The zero-order valence-electron chi connectivity index (χ0n) is 16.0. The quantitative estimate of drug-likeness (QED) is 0.532. The zero-order valence-corrected chi connectivity index (χ0v) is 16.8. The van der Waals surface area contributed by atoms with Crippen molar-refractivity contribution in [3.8, 4) is 0 Å². The van der Waals surface area contributed by atoms with Crippen LogP contribution in [0.25, 0.3) is 21.7 Å². The number of hydrogen-bond acceptors (Lipinski definition) is 4. The van der Waals surface area contributed by atoms with Crippen molar-refractivity contribution in [3.63, 3.8) is 0 Å². The summed E-state index contributed by atoms with van der Waals surface area (Å²) in [4.78, 5) is 12.7. The second-order valence-corrected chi connectivity index (χ2v) is 8.66. The lowest BCUT2D eigenvalue weighted by molar-refractivity contribution is -0.115. The van der Waals surface area contributed by atoms with Gasteiger partial charge in [0.2, 0.25) is 15.9 Å². The monoisotopic (exact) mass is 408 g/mol. The molecule has 0 unspecified atom stereocenters. The maximum atomic E-state index is 12.8. The molecule has 7 heteroatoms. The van der Waals surface area contributed by atoms with Gasteiger partial charge in [0.05, 0.1) is 17.6 Å². The van der Waals surface area contributed by atoms with Crippen LogP contribution in [0.5, 0.6) is 0 Å². The number of carbonyl (C=O) groups excluding carboxylic acids is 1.